The highest BCUT2D eigenvalue weighted by Crippen LogP contribution is 2.30. The van der Waals surface area contributed by atoms with Gasteiger partial charge in [-0.3, -0.25) is 0 Å². The highest BCUT2D eigenvalue weighted by atomic mass is 35.5. The van der Waals surface area contributed by atoms with Gasteiger partial charge in [0.1, 0.15) is 4.90 Å². The number of sulfonamides is 1. The van der Waals surface area contributed by atoms with Crippen molar-refractivity contribution in [2.24, 2.45) is 5.73 Å². The van der Waals surface area contributed by atoms with Gasteiger partial charge in [-0.2, -0.15) is 0 Å². The number of hydrogen-bond acceptors (Lipinski definition) is 4. The van der Waals surface area contributed by atoms with Crippen molar-refractivity contribution < 1.29 is 13.2 Å². The maximum absolute atomic E-state index is 12.4. The van der Waals surface area contributed by atoms with Crippen molar-refractivity contribution >= 4 is 33.2 Å². The van der Waals surface area contributed by atoms with E-state index < -0.39 is 10.0 Å². The topological polar surface area (TPSA) is 72.6 Å². The summed E-state index contributed by atoms with van der Waals surface area (Å²) in [6, 6.07) is 2.83. The van der Waals surface area contributed by atoms with E-state index >= 15 is 0 Å². The van der Waals surface area contributed by atoms with Crippen molar-refractivity contribution in [2.45, 2.75) is 17.9 Å². The second-order valence-electron chi connectivity index (χ2n) is 4.25. The van der Waals surface area contributed by atoms with Crippen LogP contribution >= 0.6 is 23.2 Å². The molecule has 1 aromatic rings. The first-order chi connectivity index (χ1) is 9.34. The third-order valence-corrected chi connectivity index (χ3v) is 5.50. The number of hydrogen-bond donors (Lipinski definition) is 1. The number of methoxy groups -OCH3 is 1. The Labute approximate surface area is 129 Å². The molecule has 0 fully saturated rings. The Balaban J connectivity index is 3.08. The van der Waals surface area contributed by atoms with Crippen molar-refractivity contribution in [3.05, 3.63) is 27.7 Å². The molecule has 114 valence electrons. The number of benzene rings is 1. The first kappa shape index (κ1) is 17.7. The highest BCUT2D eigenvalue weighted by Gasteiger charge is 2.24. The molecule has 0 atom stereocenters. The van der Waals surface area contributed by atoms with Gasteiger partial charge in [0.15, 0.2) is 0 Å². The third kappa shape index (κ3) is 4.07. The fourth-order valence-corrected chi connectivity index (χ4v) is 3.70. The summed E-state index contributed by atoms with van der Waals surface area (Å²) in [5, 5.41) is 0.448. The van der Waals surface area contributed by atoms with Gasteiger partial charge in [-0.25, -0.2) is 12.7 Å². The molecule has 5 nitrogen and oxygen atoms in total. The minimum absolute atomic E-state index is 0.0175. The Bertz CT molecular complexity index is 564. The number of halogens is 2. The van der Waals surface area contributed by atoms with E-state index in [0.29, 0.717) is 30.2 Å². The van der Waals surface area contributed by atoms with Crippen molar-refractivity contribution in [3.63, 3.8) is 0 Å². The molecule has 8 heteroatoms. The lowest BCUT2D eigenvalue weighted by molar-refractivity contribution is 0.189. The summed E-state index contributed by atoms with van der Waals surface area (Å²) in [7, 11) is -0.602. The van der Waals surface area contributed by atoms with Crippen LogP contribution in [0.1, 0.15) is 12.0 Å². The van der Waals surface area contributed by atoms with E-state index in [1.54, 1.807) is 7.11 Å². The second kappa shape index (κ2) is 7.59. The molecule has 0 spiro atoms. The lowest BCUT2D eigenvalue weighted by atomic mass is 10.2. The summed E-state index contributed by atoms with van der Waals surface area (Å²) < 4.78 is 31.0. The molecular weight excluding hydrogens is 323 g/mol. The summed E-state index contributed by atoms with van der Waals surface area (Å²) in [5.41, 5.74) is 6.08. The van der Waals surface area contributed by atoms with E-state index in [-0.39, 0.29) is 16.5 Å². The number of nitrogens with zero attached hydrogens (tertiary/aromatic N) is 1. The molecule has 0 aromatic heterocycles. The van der Waals surface area contributed by atoms with Gasteiger partial charge in [0.2, 0.25) is 10.0 Å². The van der Waals surface area contributed by atoms with Crippen LogP contribution in [0.5, 0.6) is 0 Å². The zero-order valence-electron chi connectivity index (χ0n) is 11.4. The largest absolute Gasteiger partial charge is 0.385 e. The van der Waals surface area contributed by atoms with Gasteiger partial charge >= 0.3 is 0 Å². The molecule has 1 aromatic carbocycles. The summed E-state index contributed by atoms with van der Waals surface area (Å²) in [4.78, 5) is 0.0175. The van der Waals surface area contributed by atoms with Gasteiger partial charge in [-0.15, -0.1) is 0 Å². The molecule has 0 amide bonds. The molecule has 0 saturated carbocycles. The molecule has 2 N–H and O–H groups in total. The molecule has 0 bridgehead atoms. The Morgan fingerprint density at radius 3 is 2.50 bits per heavy atom. The van der Waals surface area contributed by atoms with Gasteiger partial charge in [0, 0.05) is 38.9 Å². The second-order valence-corrected chi connectivity index (χ2v) is 7.08. The summed E-state index contributed by atoms with van der Waals surface area (Å²) in [5.74, 6) is 0. The van der Waals surface area contributed by atoms with Crippen molar-refractivity contribution in [1.29, 1.82) is 0 Å². The van der Waals surface area contributed by atoms with Crippen molar-refractivity contribution in [3.8, 4) is 0 Å². The molecule has 0 heterocycles. The van der Waals surface area contributed by atoms with Crippen LogP contribution in [0.3, 0.4) is 0 Å². The van der Waals surface area contributed by atoms with E-state index in [4.69, 9.17) is 33.7 Å². The van der Waals surface area contributed by atoms with Crippen LogP contribution in [0.2, 0.25) is 10.0 Å². The van der Waals surface area contributed by atoms with Crippen molar-refractivity contribution in [2.75, 3.05) is 27.3 Å². The number of ether oxygens (including phenoxy) is 1. The average molecular weight is 341 g/mol. The first-order valence-electron chi connectivity index (χ1n) is 5.97. The van der Waals surface area contributed by atoms with E-state index in [2.05, 4.69) is 0 Å². The maximum Gasteiger partial charge on any atom is 0.244 e. The van der Waals surface area contributed by atoms with Crippen LogP contribution in [-0.4, -0.2) is 40.0 Å². The van der Waals surface area contributed by atoms with Gasteiger partial charge in [0.05, 0.1) is 5.02 Å². The Kier molecular flexibility index (Phi) is 6.71. The SMILES string of the molecule is COCCCN(C)S(=O)(=O)c1cc(CN)c(Cl)cc1Cl. The van der Waals surface area contributed by atoms with Gasteiger partial charge in [-0.1, -0.05) is 23.2 Å². The smallest absolute Gasteiger partial charge is 0.244 e. The third-order valence-electron chi connectivity index (χ3n) is 2.83. The normalized spacial score (nSPS) is 12.1. The van der Waals surface area contributed by atoms with E-state index in [9.17, 15) is 8.42 Å². The maximum atomic E-state index is 12.4. The predicted molar refractivity (Wildman–Crippen MR) is 80.7 cm³/mol. The Morgan fingerprint density at radius 2 is 1.95 bits per heavy atom. The fourth-order valence-electron chi connectivity index (χ4n) is 1.64. The molecule has 0 saturated heterocycles. The molecule has 20 heavy (non-hydrogen) atoms. The van der Waals surface area contributed by atoms with E-state index in [1.165, 1.54) is 23.5 Å². The average Bonchev–Trinajstić information content (AvgIpc) is 2.38. The quantitative estimate of drug-likeness (QED) is 0.771. The van der Waals surface area contributed by atoms with Gasteiger partial charge in [0.25, 0.3) is 0 Å². The molecule has 0 unspecified atom stereocenters. The van der Waals surface area contributed by atoms with Crippen LogP contribution in [0.4, 0.5) is 0 Å². The Hall–Kier alpha value is -0.370. The molecule has 0 radical (unpaired) electrons. The van der Waals surface area contributed by atoms with Crippen molar-refractivity contribution in [1.82, 2.24) is 4.31 Å². The predicted octanol–water partition coefficient (Wildman–Crippen LogP) is 2.11. The lowest BCUT2D eigenvalue weighted by Gasteiger charge is -2.18. The minimum Gasteiger partial charge on any atom is -0.385 e. The summed E-state index contributed by atoms with van der Waals surface area (Å²) >= 11 is 11.9. The van der Waals surface area contributed by atoms with Gasteiger partial charge in [-0.05, 0) is 24.1 Å². The highest BCUT2D eigenvalue weighted by molar-refractivity contribution is 7.89. The van der Waals surface area contributed by atoms with Crippen LogP contribution in [0, 0.1) is 0 Å². The minimum atomic E-state index is -3.67. The first-order valence-corrected chi connectivity index (χ1v) is 8.17. The van der Waals surface area contributed by atoms with Crippen LogP contribution < -0.4 is 5.73 Å². The zero-order chi connectivity index (χ0) is 15.3. The van der Waals surface area contributed by atoms with Gasteiger partial charge < -0.3 is 10.5 Å². The molecular formula is C12H18Cl2N2O3S. The Morgan fingerprint density at radius 1 is 1.30 bits per heavy atom. The molecule has 0 aliphatic rings. The van der Waals surface area contributed by atoms with E-state index in [1.807, 2.05) is 0 Å². The number of nitrogens with two attached hydrogens (primary N) is 1. The monoisotopic (exact) mass is 340 g/mol. The molecule has 0 aliphatic heterocycles. The van der Waals surface area contributed by atoms with Crippen LogP contribution in [0.15, 0.2) is 17.0 Å². The standard InChI is InChI=1S/C12H18Cl2N2O3S/c1-16(4-3-5-19-2)20(17,18)12-6-9(8-15)10(13)7-11(12)14/h6-7H,3-5,8,15H2,1-2H3. The zero-order valence-corrected chi connectivity index (χ0v) is 13.7. The summed E-state index contributed by atoms with van der Waals surface area (Å²) in [6.07, 6.45) is 0.598. The molecule has 1 rings (SSSR count). The van der Waals surface area contributed by atoms with Crippen LogP contribution in [-0.2, 0) is 21.3 Å². The molecule has 0 aliphatic carbocycles. The number of rotatable bonds is 7. The summed E-state index contributed by atoms with van der Waals surface area (Å²) in [6.45, 7) is 0.973. The lowest BCUT2D eigenvalue weighted by Crippen LogP contribution is -2.29. The van der Waals surface area contributed by atoms with E-state index in [0.717, 1.165) is 0 Å². The fraction of sp³-hybridized carbons (Fsp3) is 0.500. The van der Waals surface area contributed by atoms with Crippen LogP contribution in [0.25, 0.3) is 0 Å².